The van der Waals surface area contributed by atoms with Gasteiger partial charge in [-0.15, -0.1) is 0 Å². The average Bonchev–Trinajstić information content (AvgIpc) is 2.71. The third-order valence-corrected chi connectivity index (χ3v) is 5.26. The molecule has 3 rings (SSSR count). The number of carbonyl (C=O) groups is 2. The Morgan fingerprint density at radius 1 is 1.38 bits per heavy atom. The molecule has 1 aliphatic heterocycles. The molecule has 1 saturated carbocycles. The lowest BCUT2D eigenvalue weighted by atomic mass is 9.69. The first-order chi connectivity index (χ1) is 11.5. The SMILES string of the molecule is CCOC(=O)c1ccc2c(c1)C(C)N(C(=O)C1(C)CCC1)CCO2. The molecule has 0 aromatic heterocycles. The number of ether oxygens (including phenoxy) is 2. The van der Waals surface area contributed by atoms with Gasteiger partial charge < -0.3 is 14.4 Å². The molecule has 1 fully saturated rings. The molecule has 1 aromatic carbocycles. The fourth-order valence-corrected chi connectivity index (χ4v) is 3.51. The summed E-state index contributed by atoms with van der Waals surface area (Å²) < 4.78 is 10.9. The van der Waals surface area contributed by atoms with Crippen molar-refractivity contribution in [3.8, 4) is 5.75 Å². The van der Waals surface area contributed by atoms with E-state index >= 15 is 0 Å². The highest BCUT2D eigenvalue weighted by Gasteiger charge is 2.43. The summed E-state index contributed by atoms with van der Waals surface area (Å²) in [7, 11) is 0. The monoisotopic (exact) mass is 331 g/mol. The second-order valence-corrected chi connectivity index (χ2v) is 6.91. The van der Waals surface area contributed by atoms with Crippen molar-refractivity contribution in [1.29, 1.82) is 0 Å². The fraction of sp³-hybridized carbons (Fsp3) is 0.579. The highest BCUT2D eigenvalue weighted by atomic mass is 16.5. The molecule has 0 N–H and O–H groups in total. The van der Waals surface area contributed by atoms with Crippen LogP contribution in [0.25, 0.3) is 0 Å². The maximum absolute atomic E-state index is 13.0. The molecule has 1 heterocycles. The minimum atomic E-state index is -0.347. The second-order valence-electron chi connectivity index (χ2n) is 6.91. The lowest BCUT2D eigenvalue weighted by molar-refractivity contribution is -0.148. The number of fused-ring (bicyclic) bond motifs is 1. The van der Waals surface area contributed by atoms with Gasteiger partial charge in [-0.25, -0.2) is 4.79 Å². The summed E-state index contributed by atoms with van der Waals surface area (Å²) in [6, 6.07) is 5.19. The zero-order valence-corrected chi connectivity index (χ0v) is 14.6. The van der Waals surface area contributed by atoms with Gasteiger partial charge in [0.2, 0.25) is 5.91 Å². The fourth-order valence-electron chi connectivity index (χ4n) is 3.51. The Labute approximate surface area is 142 Å². The number of nitrogens with zero attached hydrogens (tertiary/aromatic N) is 1. The molecule has 2 aliphatic rings. The van der Waals surface area contributed by atoms with E-state index in [1.165, 1.54) is 0 Å². The van der Waals surface area contributed by atoms with Crippen molar-refractivity contribution >= 4 is 11.9 Å². The van der Waals surface area contributed by atoms with Gasteiger partial charge >= 0.3 is 5.97 Å². The van der Waals surface area contributed by atoms with Crippen LogP contribution in [0.4, 0.5) is 0 Å². The van der Waals surface area contributed by atoms with Gasteiger partial charge in [0.1, 0.15) is 12.4 Å². The van der Waals surface area contributed by atoms with Crippen molar-refractivity contribution in [1.82, 2.24) is 4.90 Å². The molecule has 130 valence electrons. The van der Waals surface area contributed by atoms with Gasteiger partial charge in [0.05, 0.1) is 24.8 Å². The van der Waals surface area contributed by atoms with Gasteiger partial charge in [-0.05, 0) is 44.9 Å². The Balaban J connectivity index is 1.90. The Hall–Kier alpha value is -2.04. The zero-order chi connectivity index (χ0) is 17.3. The van der Waals surface area contributed by atoms with Crippen LogP contribution < -0.4 is 4.74 Å². The predicted octanol–water partition coefficient (Wildman–Crippen LogP) is 3.34. The number of amides is 1. The lowest BCUT2D eigenvalue weighted by Gasteiger charge is -2.42. The van der Waals surface area contributed by atoms with Crippen LogP contribution in [-0.4, -0.2) is 36.5 Å². The zero-order valence-electron chi connectivity index (χ0n) is 14.6. The normalized spacial score (nSPS) is 21.8. The maximum Gasteiger partial charge on any atom is 0.338 e. The Morgan fingerprint density at radius 2 is 2.12 bits per heavy atom. The van der Waals surface area contributed by atoms with E-state index in [0.29, 0.717) is 25.3 Å². The lowest BCUT2D eigenvalue weighted by Crippen LogP contribution is -2.47. The van der Waals surface area contributed by atoms with Gasteiger partial charge in [0, 0.05) is 11.0 Å². The Morgan fingerprint density at radius 3 is 2.75 bits per heavy atom. The summed E-state index contributed by atoms with van der Waals surface area (Å²) in [6.07, 6.45) is 3.02. The summed E-state index contributed by atoms with van der Waals surface area (Å²) in [4.78, 5) is 26.9. The molecule has 1 aromatic rings. The van der Waals surface area contributed by atoms with E-state index in [0.717, 1.165) is 30.6 Å². The van der Waals surface area contributed by atoms with Crippen LogP contribution in [0.15, 0.2) is 18.2 Å². The van der Waals surface area contributed by atoms with Crippen molar-refractivity contribution < 1.29 is 19.1 Å². The molecule has 5 nitrogen and oxygen atoms in total. The first-order valence-electron chi connectivity index (χ1n) is 8.71. The molecule has 1 amide bonds. The van der Waals surface area contributed by atoms with Crippen molar-refractivity contribution in [3.05, 3.63) is 29.3 Å². The highest BCUT2D eigenvalue weighted by Crippen LogP contribution is 2.44. The van der Waals surface area contributed by atoms with E-state index in [1.807, 2.05) is 18.7 Å². The number of hydrogen-bond donors (Lipinski definition) is 0. The molecule has 0 spiro atoms. The highest BCUT2D eigenvalue weighted by molar-refractivity contribution is 5.90. The van der Waals surface area contributed by atoms with Crippen LogP contribution in [-0.2, 0) is 9.53 Å². The molecular formula is C19H25NO4. The van der Waals surface area contributed by atoms with Crippen LogP contribution in [0.2, 0.25) is 0 Å². The summed E-state index contributed by atoms with van der Waals surface area (Å²) in [5.74, 6) is 0.587. The molecule has 5 heteroatoms. The van der Waals surface area contributed by atoms with E-state index in [2.05, 4.69) is 0 Å². The van der Waals surface area contributed by atoms with Gasteiger partial charge in [0.25, 0.3) is 0 Å². The van der Waals surface area contributed by atoms with Crippen LogP contribution in [0, 0.1) is 5.41 Å². The first kappa shape index (κ1) is 16.8. The largest absolute Gasteiger partial charge is 0.491 e. The minimum Gasteiger partial charge on any atom is -0.491 e. The maximum atomic E-state index is 13.0. The summed E-state index contributed by atoms with van der Waals surface area (Å²) >= 11 is 0. The van der Waals surface area contributed by atoms with E-state index < -0.39 is 0 Å². The van der Waals surface area contributed by atoms with Gasteiger partial charge in [-0.1, -0.05) is 13.3 Å². The molecule has 24 heavy (non-hydrogen) atoms. The van der Waals surface area contributed by atoms with Crippen LogP contribution in [0.5, 0.6) is 5.75 Å². The number of carbonyl (C=O) groups excluding carboxylic acids is 2. The predicted molar refractivity (Wildman–Crippen MR) is 90.0 cm³/mol. The number of rotatable bonds is 3. The third-order valence-electron chi connectivity index (χ3n) is 5.26. The quantitative estimate of drug-likeness (QED) is 0.797. The summed E-state index contributed by atoms with van der Waals surface area (Å²) in [5, 5.41) is 0. The number of hydrogen-bond acceptors (Lipinski definition) is 4. The number of esters is 1. The van der Waals surface area contributed by atoms with E-state index in [1.54, 1.807) is 25.1 Å². The van der Waals surface area contributed by atoms with Crippen LogP contribution in [0.1, 0.15) is 62.0 Å². The van der Waals surface area contributed by atoms with Crippen molar-refractivity contribution in [2.75, 3.05) is 19.8 Å². The van der Waals surface area contributed by atoms with Crippen LogP contribution >= 0.6 is 0 Å². The molecule has 0 bridgehead atoms. The van der Waals surface area contributed by atoms with Crippen molar-refractivity contribution in [3.63, 3.8) is 0 Å². The average molecular weight is 331 g/mol. The summed E-state index contributed by atoms with van der Waals surface area (Å²) in [6.45, 7) is 7.21. The molecule has 1 aliphatic carbocycles. The molecule has 0 radical (unpaired) electrons. The van der Waals surface area contributed by atoms with E-state index in [9.17, 15) is 9.59 Å². The van der Waals surface area contributed by atoms with Crippen molar-refractivity contribution in [2.24, 2.45) is 5.41 Å². The third kappa shape index (κ3) is 2.87. The van der Waals surface area contributed by atoms with Gasteiger partial charge in [0.15, 0.2) is 0 Å². The second kappa shape index (κ2) is 6.46. The Kier molecular flexibility index (Phi) is 4.52. The van der Waals surface area contributed by atoms with Gasteiger partial charge in [-0.3, -0.25) is 4.79 Å². The van der Waals surface area contributed by atoms with E-state index in [4.69, 9.17) is 9.47 Å². The Bertz CT molecular complexity index is 651. The first-order valence-corrected chi connectivity index (χ1v) is 8.71. The molecular weight excluding hydrogens is 306 g/mol. The van der Waals surface area contributed by atoms with Crippen molar-refractivity contribution in [2.45, 2.75) is 46.1 Å². The molecule has 1 atom stereocenters. The van der Waals surface area contributed by atoms with E-state index in [-0.39, 0.29) is 23.3 Å². The topological polar surface area (TPSA) is 55.8 Å². The van der Waals surface area contributed by atoms with Crippen LogP contribution in [0.3, 0.4) is 0 Å². The standard InChI is InChI=1S/C19H25NO4/c1-4-23-17(21)14-6-7-16-15(12-14)13(2)20(10-11-24-16)18(22)19(3)8-5-9-19/h6-7,12-13H,4-5,8-11H2,1-3H3. The van der Waals surface area contributed by atoms with Gasteiger partial charge in [-0.2, -0.15) is 0 Å². The summed E-state index contributed by atoms with van der Waals surface area (Å²) in [5.41, 5.74) is 1.13. The number of benzene rings is 1. The smallest absolute Gasteiger partial charge is 0.338 e. The molecule has 0 saturated heterocycles. The molecule has 1 unspecified atom stereocenters. The minimum absolute atomic E-state index is 0.123.